The van der Waals surface area contributed by atoms with Crippen molar-refractivity contribution in [3.63, 3.8) is 0 Å². The number of pyridine rings is 1. The van der Waals surface area contributed by atoms with Gasteiger partial charge in [-0.2, -0.15) is 0 Å². The van der Waals surface area contributed by atoms with Crippen LogP contribution in [0.5, 0.6) is 5.75 Å². The Morgan fingerprint density at radius 3 is 2.80 bits per heavy atom. The second kappa shape index (κ2) is 6.81. The van der Waals surface area contributed by atoms with Gasteiger partial charge in [0.05, 0.1) is 25.6 Å². The molecule has 1 N–H and O–H groups in total. The fourth-order valence-electron chi connectivity index (χ4n) is 2.10. The summed E-state index contributed by atoms with van der Waals surface area (Å²) < 4.78 is 19.0. The van der Waals surface area contributed by atoms with Gasteiger partial charge in [0.1, 0.15) is 11.6 Å². The Kier molecular flexibility index (Phi) is 5.09. The molecule has 0 saturated heterocycles. The van der Waals surface area contributed by atoms with E-state index in [0.29, 0.717) is 16.6 Å². The van der Waals surface area contributed by atoms with Crippen LogP contribution in [0.4, 0.5) is 4.39 Å². The minimum absolute atomic E-state index is 0.0358. The zero-order chi connectivity index (χ0) is 14.5. The molecule has 0 fully saturated rings. The molecule has 0 spiro atoms. The second-order valence-electron chi connectivity index (χ2n) is 4.41. The van der Waals surface area contributed by atoms with Gasteiger partial charge in [-0.25, -0.2) is 4.39 Å². The molecular formula is C15H15BrFNO2. The van der Waals surface area contributed by atoms with Crippen molar-refractivity contribution in [2.75, 3.05) is 13.7 Å². The number of para-hydroxylation sites is 1. The van der Waals surface area contributed by atoms with Gasteiger partial charge >= 0.3 is 0 Å². The molecular weight excluding hydrogens is 325 g/mol. The van der Waals surface area contributed by atoms with E-state index >= 15 is 0 Å². The Labute approximate surface area is 125 Å². The van der Waals surface area contributed by atoms with E-state index in [1.54, 1.807) is 7.11 Å². The van der Waals surface area contributed by atoms with E-state index in [-0.39, 0.29) is 12.5 Å². The third kappa shape index (κ3) is 3.35. The van der Waals surface area contributed by atoms with Crippen LogP contribution >= 0.6 is 15.9 Å². The van der Waals surface area contributed by atoms with E-state index in [4.69, 9.17) is 4.74 Å². The van der Waals surface area contributed by atoms with Crippen molar-refractivity contribution in [1.29, 1.82) is 0 Å². The number of methoxy groups -OCH3 is 1. The van der Waals surface area contributed by atoms with Crippen LogP contribution < -0.4 is 4.74 Å². The molecule has 2 aromatic rings. The summed E-state index contributed by atoms with van der Waals surface area (Å²) in [6, 6.07) is 8.91. The number of ether oxygens (including phenoxy) is 1. The third-order valence-corrected chi connectivity index (χ3v) is 3.81. The molecule has 0 aliphatic carbocycles. The number of nitrogens with zero attached hydrogens (tertiary/aromatic N) is 1. The molecule has 0 bridgehead atoms. The van der Waals surface area contributed by atoms with Crippen LogP contribution in [-0.2, 0) is 6.42 Å². The number of hydrogen-bond acceptors (Lipinski definition) is 3. The normalized spacial score (nSPS) is 12.2. The molecule has 0 aliphatic heterocycles. The standard InChI is InChI=1S/C15H15BrFNO2/c1-20-15-5-3-2-4-12(15)10(9-19)6-14-13(16)7-11(17)8-18-14/h2-5,7-8,10,19H,6,9H2,1H3. The first-order chi connectivity index (χ1) is 9.65. The lowest BCUT2D eigenvalue weighted by atomic mass is 9.94. The lowest BCUT2D eigenvalue weighted by Gasteiger charge is -2.18. The Bertz CT molecular complexity index is 592. The van der Waals surface area contributed by atoms with Crippen molar-refractivity contribution in [1.82, 2.24) is 4.98 Å². The number of aromatic nitrogens is 1. The van der Waals surface area contributed by atoms with E-state index in [2.05, 4.69) is 20.9 Å². The number of aliphatic hydroxyl groups is 1. The maximum absolute atomic E-state index is 13.0. The van der Waals surface area contributed by atoms with Crippen molar-refractivity contribution in [2.45, 2.75) is 12.3 Å². The van der Waals surface area contributed by atoms with Crippen LogP contribution in [0.25, 0.3) is 0 Å². The Morgan fingerprint density at radius 1 is 1.40 bits per heavy atom. The molecule has 0 amide bonds. The molecule has 20 heavy (non-hydrogen) atoms. The molecule has 2 rings (SSSR count). The number of aliphatic hydroxyl groups excluding tert-OH is 1. The first-order valence-electron chi connectivity index (χ1n) is 6.19. The van der Waals surface area contributed by atoms with Gasteiger partial charge in [-0.05, 0) is 40.0 Å². The van der Waals surface area contributed by atoms with Crippen molar-refractivity contribution in [3.05, 3.63) is 58.1 Å². The van der Waals surface area contributed by atoms with Crippen molar-refractivity contribution >= 4 is 15.9 Å². The fourth-order valence-corrected chi connectivity index (χ4v) is 2.59. The van der Waals surface area contributed by atoms with Crippen molar-refractivity contribution < 1.29 is 14.2 Å². The summed E-state index contributed by atoms with van der Waals surface area (Å²) >= 11 is 3.30. The highest BCUT2D eigenvalue weighted by Crippen LogP contribution is 2.30. The topological polar surface area (TPSA) is 42.4 Å². The minimum atomic E-state index is -0.390. The lowest BCUT2D eigenvalue weighted by Crippen LogP contribution is -2.11. The lowest BCUT2D eigenvalue weighted by molar-refractivity contribution is 0.260. The second-order valence-corrected chi connectivity index (χ2v) is 5.26. The number of halogens is 2. The Morgan fingerprint density at radius 2 is 2.15 bits per heavy atom. The first kappa shape index (κ1) is 14.9. The molecule has 5 heteroatoms. The van der Waals surface area contributed by atoms with Gasteiger partial charge in [0.15, 0.2) is 0 Å². The van der Waals surface area contributed by atoms with Gasteiger partial charge in [-0.15, -0.1) is 0 Å². The maximum Gasteiger partial charge on any atom is 0.142 e. The largest absolute Gasteiger partial charge is 0.496 e. The van der Waals surface area contributed by atoms with Gasteiger partial charge in [-0.1, -0.05) is 18.2 Å². The van der Waals surface area contributed by atoms with Crippen LogP contribution in [-0.4, -0.2) is 23.8 Å². The minimum Gasteiger partial charge on any atom is -0.496 e. The average molecular weight is 340 g/mol. The van der Waals surface area contributed by atoms with Crippen LogP contribution in [0.1, 0.15) is 17.2 Å². The zero-order valence-corrected chi connectivity index (χ0v) is 12.6. The summed E-state index contributed by atoms with van der Waals surface area (Å²) in [5.74, 6) is 0.184. The van der Waals surface area contributed by atoms with Gasteiger partial charge < -0.3 is 9.84 Å². The van der Waals surface area contributed by atoms with Gasteiger partial charge in [0, 0.05) is 10.4 Å². The van der Waals surface area contributed by atoms with Crippen LogP contribution in [0, 0.1) is 5.82 Å². The summed E-state index contributed by atoms with van der Waals surface area (Å²) in [7, 11) is 1.60. The number of rotatable bonds is 5. The SMILES string of the molecule is COc1ccccc1C(CO)Cc1ncc(F)cc1Br. The predicted octanol–water partition coefficient (Wildman–Crippen LogP) is 3.31. The smallest absolute Gasteiger partial charge is 0.142 e. The van der Waals surface area contributed by atoms with E-state index in [1.165, 1.54) is 12.3 Å². The summed E-state index contributed by atoms with van der Waals surface area (Å²) in [6.45, 7) is -0.0358. The molecule has 1 unspecified atom stereocenters. The molecule has 0 radical (unpaired) electrons. The molecule has 0 saturated carbocycles. The summed E-state index contributed by atoms with van der Waals surface area (Å²) in [4.78, 5) is 4.07. The average Bonchev–Trinajstić information content (AvgIpc) is 2.46. The summed E-state index contributed by atoms with van der Waals surface area (Å²) in [5, 5.41) is 9.63. The maximum atomic E-state index is 13.0. The highest BCUT2D eigenvalue weighted by atomic mass is 79.9. The van der Waals surface area contributed by atoms with Crippen LogP contribution in [0.3, 0.4) is 0 Å². The third-order valence-electron chi connectivity index (χ3n) is 3.12. The summed E-state index contributed by atoms with van der Waals surface area (Å²) in [6.07, 6.45) is 1.68. The highest BCUT2D eigenvalue weighted by molar-refractivity contribution is 9.10. The van der Waals surface area contributed by atoms with Gasteiger partial charge in [0.2, 0.25) is 0 Å². The Balaban J connectivity index is 2.29. The molecule has 106 valence electrons. The summed E-state index contributed by atoms with van der Waals surface area (Å²) in [5.41, 5.74) is 1.62. The van der Waals surface area contributed by atoms with Crippen LogP contribution in [0.15, 0.2) is 41.0 Å². The van der Waals surface area contributed by atoms with Gasteiger partial charge in [-0.3, -0.25) is 4.98 Å². The molecule has 1 aromatic heterocycles. The monoisotopic (exact) mass is 339 g/mol. The highest BCUT2D eigenvalue weighted by Gasteiger charge is 2.18. The first-order valence-corrected chi connectivity index (χ1v) is 6.98. The number of hydrogen-bond donors (Lipinski definition) is 1. The molecule has 1 aromatic carbocycles. The van der Waals surface area contributed by atoms with E-state index in [0.717, 1.165) is 11.3 Å². The molecule has 3 nitrogen and oxygen atoms in total. The van der Waals surface area contributed by atoms with E-state index in [9.17, 15) is 9.50 Å². The fraction of sp³-hybridized carbons (Fsp3) is 0.267. The van der Waals surface area contributed by atoms with E-state index < -0.39 is 5.82 Å². The van der Waals surface area contributed by atoms with Crippen molar-refractivity contribution in [3.8, 4) is 5.75 Å². The molecule has 0 aliphatic rings. The Hall–Kier alpha value is -1.46. The molecule has 1 heterocycles. The van der Waals surface area contributed by atoms with Crippen LogP contribution in [0.2, 0.25) is 0 Å². The number of benzene rings is 1. The van der Waals surface area contributed by atoms with Crippen molar-refractivity contribution in [2.24, 2.45) is 0 Å². The molecule has 1 atom stereocenters. The predicted molar refractivity (Wildman–Crippen MR) is 78.4 cm³/mol. The van der Waals surface area contributed by atoms with E-state index in [1.807, 2.05) is 24.3 Å². The van der Waals surface area contributed by atoms with Gasteiger partial charge in [0.25, 0.3) is 0 Å². The zero-order valence-electron chi connectivity index (χ0n) is 11.0. The quantitative estimate of drug-likeness (QED) is 0.908.